The number of hydrogen-bond acceptors (Lipinski definition) is 4. The molecule has 3 rings (SSSR count). The molecule has 9 heteroatoms. The number of nitrogens with two attached hydrogens (primary N) is 1. The number of nitrogens with zero attached hydrogens (tertiary/aromatic N) is 3. The molecular weight excluding hydrogens is 481 g/mol. The van der Waals surface area contributed by atoms with Gasteiger partial charge in [0.15, 0.2) is 0 Å². The van der Waals surface area contributed by atoms with Crippen LogP contribution in [0.2, 0.25) is 0 Å². The average Bonchev–Trinajstić information content (AvgIpc) is 3.25. The molecule has 2 atom stereocenters. The number of amides is 1. The Bertz CT molecular complexity index is 1180. The summed E-state index contributed by atoms with van der Waals surface area (Å²) >= 11 is 0. The molecule has 2 N–H and O–H groups in total. The van der Waals surface area contributed by atoms with Gasteiger partial charge in [0.25, 0.3) is 0 Å². The van der Waals surface area contributed by atoms with Gasteiger partial charge in [-0.2, -0.15) is 0 Å². The Kier molecular flexibility index (Phi) is 9.50. The van der Waals surface area contributed by atoms with Crippen molar-refractivity contribution in [2.24, 2.45) is 11.1 Å². The Morgan fingerprint density at radius 3 is 2.49 bits per heavy atom. The second-order valence-corrected chi connectivity index (χ2v) is 10.2. The number of halogens is 3. The summed E-state index contributed by atoms with van der Waals surface area (Å²) in [6.45, 7) is 5.57. The number of imidazole rings is 1. The number of ether oxygens (including phenoxy) is 1. The van der Waals surface area contributed by atoms with Crippen molar-refractivity contribution in [2.45, 2.75) is 45.8 Å². The first-order valence-corrected chi connectivity index (χ1v) is 12.2. The van der Waals surface area contributed by atoms with Crippen LogP contribution < -0.4 is 5.73 Å². The lowest BCUT2D eigenvalue weighted by atomic mass is 9.84. The largest absolute Gasteiger partial charge is 0.375 e. The van der Waals surface area contributed by atoms with Crippen LogP contribution in [0.25, 0.3) is 11.3 Å². The maximum Gasteiger partial charge on any atom is 0.249 e. The molecule has 1 heterocycles. The van der Waals surface area contributed by atoms with Crippen molar-refractivity contribution < 1.29 is 22.7 Å². The van der Waals surface area contributed by atoms with E-state index < -0.39 is 35.8 Å². The van der Waals surface area contributed by atoms with Crippen LogP contribution in [0.3, 0.4) is 0 Å². The van der Waals surface area contributed by atoms with Gasteiger partial charge >= 0.3 is 0 Å². The van der Waals surface area contributed by atoms with Crippen LogP contribution in [-0.2, 0) is 16.1 Å². The molecule has 0 bridgehead atoms. The molecule has 0 radical (unpaired) electrons. The van der Waals surface area contributed by atoms with Gasteiger partial charge in [0.05, 0.1) is 11.7 Å². The molecule has 1 aromatic heterocycles. The highest BCUT2D eigenvalue weighted by Crippen LogP contribution is 2.39. The van der Waals surface area contributed by atoms with Crippen LogP contribution in [-0.4, -0.2) is 53.3 Å². The van der Waals surface area contributed by atoms with E-state index in [2.05, 4.69) is 0 Å². The molecule has 200 valence electrons. The molecule has 0 aliphatic rings. The van der Waals surface area contributed by atoms with E-state index in [0.717, 1.165) is 23.8 Å². The van der Waals surface area contributed by atoms with Crippen molar-refractivity contribution in [1.29, 1.82) is 0 Å². The number of alkyl halides is 1. The first-order valence-electron chi connectivity index (χ1n) is 12.2. The SMILES string of the molecule is COCC(=O)N(CCC(N)CF)[C@@H](c1nc(-c2cc(F)ccc2F)cn1Cc1ccccc1)C(C)(C)C. The molecule has 1 unspecified atom stereocenters. The lowest BCUT2D eigenvalue weighted by Gasteiger charge is -2.40. The quantitative estimate of drug-likeness (QED) is 0.384. The van der Waals surface area contributed by atoms with Gasteiger partial charge in [-0.05, 0) is 35.6 Å². The Labute approximate surface area is 216 Å². The van der Waals surface area contributed by atoms with Gasteiger partial charge in [-0.15, -0.1) is 0 Å². The van der Waals surface area contributed by atoms with E-state index in [0.29, 0.717) is 12.4 Å². The molecule has 0 spiro atoms. The monoisotopic (exact) mass is 516 g/mol. The van der Waals surface area contributed by atoms with Crippen LogP contribution in [0.4, 0.5) is 13.2 Å². The van der Waals surface area contributed by atoms with E-state index >= 15 is 0 Å². The second kappa shape index (κ2) is 12.4. The average molecular weight is 517 g/mol. The summed E-state index contributed by atoms with van der Waals surface area (Å²) in [7, 11) is 1.43. The minimum absolute atomic E-state index is 0.0231. The lowest BCUT2D eigenvalue weighted by Crippen LogP contribution is -2.45. The van der Waals surface area contributed by atoms with Gasteiger partial charge in [-0.25, -0.2) is 18.2 Å². The Morgan fingerprint density at radius 1 is 1.16 bits per heavy atom. The molecular formula is C28H35F3N4O2. The number of aromatic nitrogens is 2. The van der Waals surface area contributed by atoms with Crippen LogP contribution in [0.1, 0.15) is 44.6 Å². The third-order valence-electron chi connectivity index (χ3n) is 6.11. The van der Waals surface area contributed by atoms with Crippen molar-refractivity contribution >= 4 is 5.91 Å². The summed E-state index contributed by atoms with van der Waals surface area (Å²) in [4.78, 5) is 19.6. The summed E-state index contributed by atoms with van der Waals surface area (Å²) in [5.41, 5.74) is 6.54. The molecule has 0 saturated carbocycles. The summed E-state index contributed by atoms with van der Waals surface area (Å²) in [5, 5.41) is 0. The van der Waals surface area contributed by atoms with Crippen molar-refractivity contribution in [3.63, 3.8) is 0 Å². The highest BCUT2D eigenvalue weighted by atomic mass is 19.1. The lowest BCUT2D eigenvalue weighted by molar-refractivity contribution is -0.140. The predicted molar refractivity (Wildman–Crippen MR) is 137 cm³/mol. The molecule has 0 aliphatic carbocycles. The summed E-state index contributed by atoms with van der Waals surface area (Å²) in [5.74, 6) is -1.000. The van der Waals surface area contributed by atoms with Crippen molar-refractivity contribution in [3.8, 4) is 11.3 Å². The summed E-state index contributed by atoms with van der Waals surface area (Å²) in [6, 6.07) is 11.5. The normalized spacial score (nSPS) is 13.4. The van der Waals surface area contributed by atoms with Crippen molar-refractivity contribution in [1.82, 2.24) is 14.5 Å². The Morgan fingerprint density at radius 2 is 1.86 bits per heavy atom. The second-order valence-electron chi connectivity index (χ2n) is 10.2. The molecule has 6 nitrogen and oxygen atoms in total. The zero-order chi connectivity index (χ0) is 27.2. The van der Waals surface area contributed by atoms with E-state index in [-0.39, 0.29) is 36.7 Å². The van der Waals surface area contributed by atoms with Crippen LogP contribution in [0, 0.1) is 17.0 Å². The number of hydrogen-bond donors (Lipinski definition) is 1. The maximum absolute atomic E-state index is 14.7. The fourth-order valence-electron chi connectivity index (χ4n) is 4.36. The van der Waals surface area contributed by atoms with Crippen LogP contribution in [0.5, 0.6) is 0 Å². The molecule has 0 saturated heterocycles. The summed E-state index contributed by atoms with van der Waals surface area (Å²) in [6.07, 6.45) is 1.91. The van der Waals surface area contributed by atoms with E-state index in [1.165, 1.54) is 7.11 Å². The molecule has 37 heavy (non-hydrogen) atoms. The van der Waals surface area contributed by atoms with Crippen molar-refractivity contribution in [3.05, 3.63) is 77.8 Å². The van der Waals surface area contributed by atoms with E-state index in [1.807, 2.05) is 55.7 Å². The topological polar surface area (TPSA) is 73.4 Å². The fraction of sp³-hybridized carbons (Fsp3) is 0.429. The molecule has 1 amide bonds. The first kappa shape index (κ1) is 28.4. The Balaban J connectivity index is 2.19. The number of rotatable bonds is 11. The Hall–Kier alpha value is -3.17. The van der Waals surface area contributed by atoms with Gasteiger partial charge in [0, 0.05) is 38.0 Å². The van der Waals surface area contributed by atoms with Gasteiger partial charge in [0.1, 0.15) is 30.7 Å². The zero-order valence-corrected chi connectivity index (χ0v) is 21.8. The fourth-order valence-corrected chi connectivity index (χ4v) is 4.36. The zero-order valence-electron chi connectivity index (χ0n) is 21.8. The van der Waals surface area contributed by atoms with Gasteiger partial charge < -0.3 is 19.9 Å². The van der Waals surface area contributed by atoms with Gasteiger partial charge in [0.2, 0.25) is 5.91 Å². The molecule has 0 aliphatic heterocycles. The van der Waals surface area contributed by atoms with E-state index in [1.54, 1.807) is 11.1 Å². The maximum atomic E-state index is 14.7. The van der Waals surface area contributed by atoms with Crippen LogP contribution >= 0.6 is 0 Å². The van der Waals surface area contributed by atoms with E-state index in [9.17, 15) is 18.0 Å². The minimum Gasteiger partial charge on any atom is -0.375 e. The number of benzene rings is 2. The number of methoxy groups -OCH3 is 1. The summed E-state index contributed by atoms with van der Waals surface area (Å²) < 4.78 is 49.0. The first-order chi connectivity index (χ1) is 17.5. The molecule has 2 aromatic carbocycles. The van der Waals surface area contributed by atoms with Gasteiger partial charge in [-0.3, -0.25) is 4.79 Å². The molecule has 3 aromatic rings. The third-order valence-corrected chi connectivity index (χ3v) is 6.11. The number of carbonyl (C=O) groups is 1. The van der Waals surface area contributed by atoms with Crippen molar-refractivity contribution in [2.75, 3.05) is 26.9 Å². The highest BCUT2D eigenvalue weighted by Gasteiger charge is 2.38. The standard InChI is InChI=1S/C28H35F3N4O2/c1-28(2,3)26(35(25(36)18-37-4)13-12-21(32)15-29)27-33-24(22-14-20(30)10-11-23(22)31)17-34(27)16-19-8-6-5-7-9-19/h5-11,14,17,21,26H,12-13,15-16,18,32H2,1-4H3/t21?,26-/m0/s1. The minimum atomic E-state index is -0.723. The smallest absolute Gasteiger partial charge is 0.249 e. The molecule has 0 fully saturated rings. The third kappa shape index (κ3) is 7.20. The highest BCUT2D eigenvalue weighted by molar-refractivity contribution is 5.78. The van der Waals surface area contributed by atoms with Crippen LogP contribution in [0.15, 0.2) is 54.7 Å². The number of carbonyl (C=O) groups excluding carboxylic acids is 1. The predicted octanol–water partition coefficient (Wildman–Crippen LogP) is 5.13. The van der Waals surface area contributed by atoms with Gasteiger partial charge in [-0.1, -0.05) is 51.1 Å². The van der Waals surface area contributed by atoms with E-state index in [4.69, 9.17) is 15.5 Å².